The second-order valence-electron chi connectivity index (χ2n) is 12.5. The van der Waals surface area contributed by atoms with Gasteiger partial charge in [-0.25, -0.2) is 0 Å². The van der Waals surface area contributed by atoms with Gasteiger partial charge in [-0.2, -0.15) is 0 Å². The molecule has 0 heterocycles. The summed E-state index contributed by atoms with van der Waals surface area (Å²) < 4.78 is 5.52. The smallest absolute Gasteiger partial charge is 0.307 e. The van der Waals surface area contributed by atoms with Crippen molar-refractivity contribution in [2.75, 3.05) is 0 Å². The van der Waals surface area contributed by atoms with Crippen molar-refractivity contribution in [3.8, 4) is 0 Å². The topological polar surface area (TPSA) is 84.5 Å². The van der Waals surface area contributed by atoms with Gasteiger partial charge in [0.05, 0.1) is 6.42 Å². The van der Waals surface area contributed by atoms with Gasteiger partial charge in [-0.05, 0) is 63.0 Å². The van der Waals surface area contributed by atoms with Crippen LogP contribution < -0.4 is 10.6 Å². The molecule has 6 heteroatoms. The third-order valence-corrected chi connectivity index (χ3v) is 6.83. The van der Waals surface area contributed by atoms with Crippen molar-refractivity contribution in [1.82, 2.24) is 10.6 Å². The zero-order chi connectivity index (χ0) is 27.9. The lowest BCUT2D eigenvalue weighted by atomic mass is 9.85. The Morgan fingerprint density at radius 2 is 1.50 bits per heavy atom. The minimum atomic E-state index is -0.720. The number of aryl methyl sites for hydroxylation is 1. The first kappa shape index (κ1) is 29.4. The Kier molecular flexibility index (Phi) is 9.75. The van der Waals surface area contributed by atoms with Crippen LogP contribution in [0.15, 0.2) is 60.7 Å². The molecule has 2 aromatic rings. The molecule has 1 aliphatic carbocycles. The number of carbonyl (C=O) groups is 3. The molecule has 1 saturated carbocycles. The third kappa shape index (κ3) is 9.30. The quantitative estimate of drug-likeness (QED) is 0.380. The summed E-state index contributed by atoms with van der Waals surface area (Å²) in [6.45, 7) is 11.3. The lowest BCUT2D eigenvalue weighted by Crippen LogP contribution is -2.55. The van der Waals surface area contributed by atoms with Gasteiger partial charge in [-0.15, -0.1) is 0 Å². The second kappa shape index (κ2) is 12.6. The molecule has 206 valence electrons. The molecule has 2 N–H and O–H groups in total. The molecule has 0 spiro atoms. The van der Waals surface area contributed by atoms with Gasteiger partial charge in [-0.1, -0.05) is 81.4 Å². The van der Waals surface area contributed by atoms with E-state index < -0.39 is 28.9 Å². The predicted molar refractivity (Wildman–Crippen MR) is 150 cm³/mol. The summed E-state index contributed by atoms with van der Waals surface area (Å²) in [6.07, 6.45) is 2.95. The Bertz CT molecular complexity index is 1070. The van der Waals surface area contributed by atoms with Gasteiger partial charge >= 0.3 is 5.97 Å². The van der Waals surface area contributed by atoms with Gasteiger partial charge < -0.3 is 15.4 Å². The van der Waals surface area contributed by atoms with Gasteiger partial charge in [0, 0.05) is 17.9 Å². The zero-order valence-corrected chi connectivity index (χ0v) is 23.8. The van der Waals surface area contributed by atoms with Crippen molar-refractivity contribution >= 4 is 17.8 Å². The van der Waals surface area contributed by atoms with Crippen LogP contribution in [0.2, 0.25) is 0 Å². The maximum atomic E-state index is 13.5. The summed E-state index contributed by atoms with van der Waals surface area (Å²) in [6, 6.07) is 19.6. The van der Waals surface area contributed by atoms with E-state index in [-0.39, 0.29) is 24.3 Å². The molecule has 2 aromatic carbocycles. The molecule has 0 aromatic heterocycles. The second-order valence-corrected chi connectivity index (χ2v) is 12.5. The van der Waals surface area contributed by atoms with Crippen molar-refractivity contribution in [2.45, 2.75) is 97.2 Å². The van der Waals surface area contributed by atoms with Gasteiger partial charge in [0.15, 0.2) is 0 Å². The monoisotopic (exact) mass is 520 g/mol. The number of ether oxygens (including phenoxy) is 1. The van der Waals surface area contributed by atoms with E-state index in [0.29, 0.717) is 12.3 Å². The Balaban J connectivity index is 1.66. The third-order valence-electron chi connectivity index (χ3n) is 6.83. The van der Waals surface area contributed by atoms with Crippen molar-refractivity contribution in [2.24, 2.45) is 11.3 Å². The number of hydrogen-bond acceptors (Lipinski definition) is 4. The number of rotatable bonds is 11. The summed E-state index contributed by atoms with van der Waals surface area (Å²) in [4.78, 5) is 39.6. The number of nitrogens with one attached hydrogen (secondary N) is 2. The van der Waals surface area contributed by atoms with Crippen LogP contribution in [-0.4, -0.2) is 35.5 Å². The first-order valence-corrected chi connectivity index (χ1v) is 13.7. The maximum absolute atomic E-state index is 13.5. The average molecular weight is 521 g/mol. The molecule has 0 radical (unpaired) electrons. The van der Waals surface area contributed by atoms with Crippen LogP contribution in [0.3, 0.4) is 0 Å². The fourth-order valence-corrected chi connectivity index (χ4v) is 4.73. The lowest BCUT2D eigenvalue weighted by molar-refractivity contribution is -0.157. The van der Waals surface area contributed by atoms with Crippen LogP contribution in [0.5, 0.6) is 0 Å². The minimum absolute atomic E-state index is 0.0188. The SMILES string of the molecule is CC(C)(C)OC(=O)CC(CCCc1ccccc1)C(=O)N[C@H](C(=O)N[C@@H]1C[C@@H]1c1ccccc1)C(C)(C)C. The molecule has 1 aliphatic rings. The Labute approximate surface area is 227 Å². The largest absolute Gasteiger partial charge is 0.460 e. The normalized spacial score (nSPS) is 18.7. The lowest BCUT2D eigenvalue weighted by Gasteiger charge is -2.32. The van der Waals surface area contributed by atoms with Crippen LogP contribution in [0.1, 0.15) is 84.3 Å². The first-order valence-electron chi connectivity index (χ1n) is 13.7. The van der Waals surface area contributed by atoms with Crippen LogP contribution >= 0.6 is 0 Å². The molecule has 4 atom stereocenters. The van der Waals surface area contributed by atoms with Gasteiger partial charge in [0.1, 0.15) is 11.6 Å². The van der Waals surface area contributed by atoms with Gasteiger partial charge in [0.25, 0.3) is 0 Å². The van der Waals surface area contributed by atoms with Crippen LogP contribution in [0.25, 0.3) is 0 Å². The van der Waals surface area contributed by atoms with Crippen LogP contribution in [0.4, 0.5) is 0 Å². The highest BCUT2D eigenvalue weighted by molar-refractivity contribution is 5.91. The summed E-state index contributed by atoms with van der Waals surface area (Å²) >= 11 is 0. The maximum Gasteiger partial charge on any atom is 0.307 e. The number of benzene rings is 2. The van der Waals surface area contributed by atoms with Gasteiger partial charge in [-0.3, -0.25) is 14.4 Å². The number of carbonyl (C=O) groups excluding carboxylic acids is 3. The molecule has 1 fully saturated rings. The minimum Gasteiger partial charge on any atom is -0.460 e. The highest BCUT2D eigenvalue weighted by Gasteiger charge is 2.43. The van der Waals surface area contributed by atoms with E-state index in [1.165, 1.54) is 11.1 Å². The molecule has 3 rings (SSSR count). The van der Waals surface area contributed by atoms with E-state index in [2.05, 4.69) is 34.9 Å². The van der Waals surface area contributed by atoms with E-state index >= 15 is 0 Å². The molecule has 0 saturated heterocycles. The van der Waals surface area contributed by atoms with E-state index in [1.54, 1.807) is 0 Å². The summed E-state index contributed by atoms with van der Waals surface area (Å²) in [7, 11) is 0. The van der Waals surface area contributed by atoms with Crippen molar-refractivity contribution in [3.05, 3.63) is 71.8 Å². The summed E-state index contributed by atoms with van der Waals surface area (Å²) in [5, 5.41) is 6.15. The Morgan fingerprint density at radius 1 is 0.895 bits per heavy atom. The molecule has 0 bridgehead atoms. The molecule has 2 amide bonds. The predicted octanol–water partition coefficient (Wildman–Crippen LogP) is 5.56. The number of hydrogen-bond donors (Lipinski definition) is 2. The van der Waals surface area contributed by atoms with E-state index in [0.717, 1.165) is 19.3 Å². The van der Waals surface area contributed by atoms with Crippen molar-refractivity contribution in [3.63, 3.8) is 0 Å². The van der Waals surface area contributed by atoms with Crippen molar-refractivity contribution < 1.29 is 19.1 Å². The summed E-state index contributed by atoms with van der Waals surface area (Å²) in [5.74, 6) is -1.15. The summed E-state index contributed by atoms with van der Waals surface area (Å²) in [5.41, 5.74) is 1.27. The van der Waals surface area contributed by atoms with Gasteiger partial charge in [0.2, 0.25) is 11.8 Å². The number of amides is 2. The molecule has 38 heavy (non-hydrogen) atoms. The molecule has 1 unspecified atom stereocenters. The van der Waals surface area contributed by atoms with E-state index in [4.69, 9.17) is 4.74 Å². The number of esters is 1. The van der Waals surface area contributed by atoms with E-state index in [1.807, 2.05) is 77.9 Å². The average Bonchev–Trinajstić information content (AvgIpc) is 3.60. The fraction of sp³-hybridized carbons (Fsp3) is 0.531. The first-order chi connectivity index (χ1) is 17.8. The molecule has 6 nitrogen and oxygen atoms in total. The molecular formula is C32H44N2O4. The standard InChI is InChI=1S/C32H44N2O4/c1-31(2,3)28(30(37)33-26-21-25(26)23-17-11-8-12-18-23)34-29(36)24(20-27(35)38-32(4,5)6)19-13-16-22-14-9-7-10-15-22/h7-12,14-15,17-18,24-26,28H,13,16,19-21H2,1-6H3,(H,33,37)(H,34,36)/t24?,25-,26-,28-/m1/s1. The Hall–Kier alpha value is -3.15. The Morgan fingerprint density at radius 3 is 2.08 bits per heavy atom. The van der Waals surface area contributed by atoms with Crippen LogP contribution in [-0.2, 0) is 25.5 Å². The fourth-order valence-electron chi connectivity index (χ4n) is 4.73. The highest BCUT2D eigenvalue weighted by Crippen LogP contribution is 2.41. The highest BCUT2D eigenvalue weighted by atomic mass is 16.6. The van der Waals surface area contributed by atoms with Crippen molar-refractivity contribution in [1.29, 1.82) is 0 Å². The molecular weight excluding hydrogens is 476 g/mol. The van der Waals surface area contributed by atoms with E-state index in [9.17, 15) is 14.4 Å². The zero-order valence-electron chi connectivity index (χ0n) is 23.8. The molecule has 0 aliphatic heterocycles. The van der Waals surface area contributed by atoms with Crippen LogP contribution in [0, 0.1) is 11.3 Å².